The van der Waals surface area contributed by atoms with E-state index < -0.39 is 5.91 Å². The highest BCUT2D eigenvalue weighted by Crippen LogP contribution is 2.13. The van der Waals surface area contributed by atoms with E-state index in [0.29, 0.717) is 11.3 Å². The van der Waals surface area contributed by atoms with Crippen LogP contribution in [0.2, 0.25) is 0 Å². The van der Waals surface area contributed by atoms with Gasteiger partial charge in [-0.2, -0.15) is 5.10 Å². The predicted molar refractivity (Wildman–Crippen MR) is 116 cm³/mol. The summed E-state index contributed by atoms with van der Waals surface area (Å²) >= 11 is 0. The summed E-state index contributed by atoms with van der Waals surface area (Å²) in [6.07, 6.45) is 8.49. The lowest BCUT2D eigenvalue weighted by Gasteiger charge is -2.13. The Labute approximate surface area is 179 Å². The first-order valence-corrected chi connectivity index (χ1v) is 9.86. The molecule has 0 spiro atoms. The second-order valence-corrected chi connectivity index (χ2v) is 7.22. The summed E-state index contributed by atoms with van der Waals surface area (Å²) in [5.41, 5.74) is 3.59. The Morgan fingerprint density at radius 1 is 1.03 bits per heavy atom. The Hall–Kier alpha value is -4.07. The van der Waals surface area contributed by atoms with Crippen molar-refractivity contribution in [1.82, 2.24) is 29.6 Å². The molecular weight excluding hydrogens is 392 g/mol. The van der Waals surface area contributed by atoms with Gasteiger partial charge in [-0.05, 0) is 43.2 Å². The molecule has 0 unspecified atom stereocenters. The number of aromatic nitrogens is 5. The molecule has 3 heterocycles. The second kappa shape index (κ2) is 8.74. The van der Waals surface area contributed by atoms with Crippen molar-refractivity contribution in [3.8, 4) is 5.69 Å². The third-order valence-corrected chi connectivity index (χ3v) is 4.95. The summed E-state index contributed by atoms with van der Waals surface area (Å²) in [5.74, 6) is -0.415. The minimum atomic E-state index is -0.415. The van der Waals surface area contributed by atoms with Gasteiger partial charge in [-0.25, -0.2) is 4.68 Å². The van der Waals surface area contributed by atoms with Gasteiger partial charge in [-0.1, -0.05) is 18.2 Å². The van der Waals surface area contributed by atoms with Crippen molar-refractivity contribution in [2.75, 3.05) is 0 Å². The van der Waals surface area contributed by atoms with Crippen molar-refractivity contribution in [2.24, 2.45) is 0 Å². The van der Waals surface area contributed by atoms with Gasteiger partial charge in [-0.3, -0.25) is 19.6 Å². The lowest BCUT2D eigenvalue weighted by Crippen LogP contribution is -2.34. The molecule has 4 aromatic rings. The maximum atomic E-state index is 13.0. The first-order chi connectivity index (χ1) is 15.0. The van der Waals surface area contributed by atoms with Gasteiger partial charge < -0.3 is 9.88 Å². The molecule has 156 valence electrons. The Bertz CT molecular complexity index is 1260. The summed E-state index contributed by atoms with van der Waals surface area (Å²) in [6, 6.07) is 11.3. The molecule has 0 aliphatic heterocycles. The van der Waals surface area contributed by atoms with Crippen LogP contribution in [-0.4, -0.2) is 30.2 Å². The number of amides is 1. The standard InChI is InChI=1S/C23H22N6O2/c1-16-8-11-28(15-19-14-24-17(2)12-25-19)23(31)21(16)22(30)26-13-18-6-3-4-7-20(18)29-10-5-9-27-29/h3-12,14H,13,15H2,1-2H3,(H,26,30). The van der Waals surface area contributed by atoms with Crippen LogP contribution >= 0.6 is 0 Å². The third-order valence-electron chi connectivity index (χ3n) is 4.95. The molecule has 3 aromatic heterocycles. The lowest BCUT2D eigenvalue weighted by atomic mass is 10.1. The van der Waals surface area contributed by atoms with Gasteiger partial charge in [0.25, 0.3) is 11.5 Å². The normalized spacial score (nSPS) is 10.8. The summed E-state index contributed by atoms with van der Waals surface area (Å²) in [6.45, 7) is 4.12. The molecule has 0 saturated carbocycles. The van der Waals surface area contributed by atoms with Crippen LogP contribution in [0.3, 0.4) is 0 Å². The van der Waals surface area contributed by atoms with Gasteiger partial charge in [0.05, 0.1) is 29.8 Å². The van der Waals surface area contributed by atoms with Gasteiger partial charge in [0.2, 0.25) is 0 Å². The Morgan fingerprint density at radius 3 is 2.61 bits per heavy atom. The van der Waals surface area contributed by atoms with Gasteiger partial charge >= 0.3 is 0 Å². The largest absolute Gasteiger partial charge is 0.348 e. The number of rotatable bonds is 6. The molecular formula is C23H22N6O2. The number of nitrogens with zero attached hydrogens (tertiary/aromatic N) is 5. The highest BCUT2D eigenvalue weighted by atomic mass is 16.2. The molecule has 1 aromatic carbocycles. The van der Waals surface area contributed by atoms with E-state index in [0.717, 1.165) is 16.9 Å². The molecule has 0 bridgehead atoms. The van der Waals surface area contributed by atoms with Gasteiger partial charge in [-0.15, -0.1) is 0 Å². The molecule has 1 amide bonds. The van der Waals surface area contributed by atoms with E-state index in [1.807, 2.05) is 43.5 Å². The summed E-state index contributed by atoms with van der Waals surface area (Å²) in [5, 5.41) is 7.13. The first-order valence-electron chi connectivity index (χ1n) is 9.86. The van der Waals surface area contributed by atoms with Gasteiger partial charge in [0.1, 0.15) is 5.56 Å². The van der Waals surface area contributed by atoms with Gasteiger partial charge in [0.15, 0.2) is 0 Å². The highest BCUT2D eigenvalue weighted by Gasteiger charge is 2.17. The number of aryl methyl sites for hydroxylation is 2. The zero-order valence-electron chi connectivity index (χ0n) is 17.3. The minimum absolute atomic E-state index is 0.124. The van der Waals surface area contributed by atoms with Crippen molar-refractivity contribution < 1.29 is 4.79 Å². The highest BCUT2D eigenvalue weighted by molar-refractivity contribution is 5.95. The van der Waals surface area contributed by atoms with E-state index in [9.17, 15) is 9.59 Å². The fourth-order valence-corrected chi connectivity index (χ4v) is 3.30. The average Bonchev–Trinajstić information content (AvgIpc) is 3.31. The molecule has 0 saturated heterocycles. The van der Waals surface area contributed by atoms with E-state index >= 15 is 0 Å². The van der Waals surface area contributed by atoms with E-state index in [4.69, 9.17) is 0 Å². The maximum Gasteiger partial charge on any atom is 0.264 e. The zero-order valence-corrected chi connectivity index (χ0v) is 17.3. The van der Waals surface area contributed by atoms with Crippen LogP contribution in [0, 0.1) is 13.8 Å². The smallest absolute Gasteiger partial charge is 0.264 e. The Balaban J connectivity index is 1.55. The number of hydrogen-bond acceptors (Lipinski definition) is 5. The molecule has 1 N–H and O–H groups in total. The molecule has 4 rings (SSSR count). The number of benzene rings is 1. The van der Waals surface area contributed by atoms with E-state index in [-0.39, 0.29) is 24.2 Å². The lowest BCUT2D eigenvalue weighted by molar-refractivity contribution is 0.0948. The monoisotopic (exact) mass is 414 g/mol. The Morgan fingerprint density at radius 2 is 1.87 bits per heavy atom. The average molecular weight is 414 g/mol. The van der Waals surface area contributed by atoms with Crippen molar-refractivity contribution in [3.05, 3.63) is 106 Å². The molecule has 0 aliphatic rings. The van der Waals surface area contributed by atoms with E-state index in [1.54, 1.807) is 42.5 Å². The summed E-state index contributed by atoms with van der Waals surface area (Å²) < 4.78 is 3.21. The Kier molecular flexibility index (Phi) is 5.70. The van der Waals surface area contributed by atoms with Crippen LogP contribution in [-0.2, 0) is 13.1 Å². The van der Waals surface area contributed by atoms with Gasteiger partial charge in [0, 0.05) is 31.3 Å². The van der Waals surface area contributed by atoms with Crippen LogP contribution in [0.25, 0.3) is 5.69 Å². The minimum Gasteiger partial charge on any atom is -0.348 e. The van der Waals surface area contributed by atoms with Crippen molar-refractivity contribution in [1.29, 1.82) is 0 Å². The number of nitrogens with one attached hydrogen (secondary N) is 1. The van der Waals surface area contributed by atoms with Crippen LogP contribution < -0.4 is 10.9 Å². The summed E-state index contributed by atoms with van der Waals surface area (Å²) in [4.78, 5) is 34.4. The van der Waals surface area contributed by atoms with E-state index in [1.165, 1.54) is 4.57 Å². The molecule has 8 nitrogen and oxygen atoms in total. The zero-order chi connectivity index (χ0) is 21.8. The van der Waals surface area contributed by atoms with Crippen molar-refractivity contribution in [3.63, 3.8) is 0 Å². The SMILES string of the molecule is Cc1cnc(Cn2ccc(C)c(C(=O)NCc3ccccc3-n3cccn3)c2=O)cn1. The van der Waals surface area contributed by atoms with Crippen LogP contribution in [0.15, 0.2) is 72.2 Å². The molecule has 0 fully saturated rings. The van der Waals surface area contributed by atoms with Crippen LogP contribution in [0.4, 0.5) is 0 Å². The van der Waals surface area contributed by atoms with Crippen LogP contribution in [0.5, 0.6) is 0 Å². The number of para-hydroxylation sites is 1. The van der Waals surface area contributed by atoms with E-state index in [2.05, 4.69) is 20.4 Å². The second-order valence-electron chi connectivity index (χ2n) is 7.22. The first kappa shape index (κ1) is 20.2. The molecule has 0 atom stereocenters. The van der Waals surface area contributed by atoms with Crippen LogP contribution in [0.1, 0.15) is 32.9 Å². The fourth-order valence-electron chi connectivity index (χ4n) is 3.30. The fraction of sp³-hybridized carbons (Fsp3) is 0.174. The number of hydrogen-bond donors (Lipinski definition) is 1. The molecule has 0 radical (unpaired) electrons. The van der Waals surface area contributed by atoms with Crippen molar-refractivity contribution >= 4 is 5.91 Å². The molecule has 31 heavy (non-hydrogen) atoms. The predicted octanol–water partition coefficient (Wildman–Crippen LogP) is 2.42. The third kappa shape index (κ3) is 4.42. The number of carbonyl (C=O) groups is 1. The quantitative estimate of drug-likeness (QED) is 0.523. The van der Waals surface area contributed by atoms with Crippen molar-refractivity contribution in [2.45, 2.75) is 26.9 Å². The number of carbonyl (C=O) groups excluding carboxylic acids is 1. The molecule has 8 heteroatoms. The topological polar surface area (TPSA) is 94.7 Å². The maximum absolute atomic E-state index is 13.0. The molecule has 0 aliphatic carbocycles. The number of pyridine rings is 1. The summed E-state index contributed by atoms with van der Waals surface area (Å²) in [7, 11) is 0.